The zero-order valence-corrected chi connectivity index (χ0v) is 17.6. The molecule has 5 rings (SSSR count). The molecule has 2 aliphatic heterocycles. The minimum atomic E-state index is -0.0939. The van der Waals surface area contributed by atoms with Crippen LogP contribution in [0, 0.1) is 5.92 Å². The topological polar surface area (TPSA) is 66.7 Å². The SMILES string of the molecule is O=C(c1cccs1)N1CCC[C@H](C(=O)N2CCC(c3nc4ccccc4o3)CC2)C1. The molecule has 0 radical (unpaired) electrons. The first-order valence-corrected chi connectivity index (χ1v) is 11.5. The van der Waals surface area contributed by atoms with Gasteiger partial charge >= 0.3 is 0 Å². The average Bonchev–Trinajstić information content (AvgIpc) is 3.48. The van der Waals surface area contributed by atoms with E-state index >= 15 is 0 Å². The number of amides is 2. The monoisotopic (exact) mass is 423 g/mol. The predicted molar refractivity (Wildman–Crippen MR) is 116 cm³/mol. The molecule has 156 valence electrons. The number of para-hydroxylation sites is 2. The Hall–Kier alpha value is -2.67. The first-order chi connectivity index (χ1) is 14.7. The molecule has 0 bridgehead atoms. The number of nitrogens with zero attached hydrogens (tertiary/aromatic N) is 3. The molecule has 1 aromatic carbocycles. The van der Waals surface area contributed by atoms with Crippen LogP contribution in [0.1, 0.15) is 47.2 Å². The third kappa shape index (κ3) is 3.74. The molecule has 2 saturated heterocycles. The molecule has 2 amide bonds. The van der Waals surface area contributed by atoms with Crippen molar-refractivity contribution in [3.05, 3.63) is 52.5 Å². The molecule has 3 aromatic rings. The molecular weight excluding hydrogens is 398 g/mol. The lowest BCUT2D eigenvalue weighted by atomic mass is 9.92. The summed E-state index contributed by atoms with van der Waals surface area (Å²) in [6.07, 6.45) is 3.47. The van der Waals surface area contributed by atoms with E-state index in [1.54, 1.807) is 0 Å². The molecule has 1 atom stereocenters. The minimum absolute atomic E-state index is 0.0529. The minimum Gasteiger partial charge on any atom is -0.440 e. The van der Waals surface area contributed by atoms with Gasteiger partial charge in [0.25, 0.3) is 5.91 Å². The third-order valence-electron chi connectivity index (χ3n) is 6.26. The number of rotatable bonds is 3. The van der Waals surface area contributed by atoms with Gasteiger partial charge in [-0.2, -0.15) is 0 Å². The Morgan fingerprint density at radius 3 is 2.60 bits per heavy atom. The summed E-state index contributed by atoms with van der Waals surface area (Å²) in [5.74, 6) is 1.19. The fourth-order valence-corrected chi connectivity index (χ4v) is 5.28. The smallest absolute Gasteiger partial charge is 0.263 e. The number of likely N-dealkylation sites (tertiary alicyclic amines) is 2. The van der Waals surface area contributed by atoms with E-state index in [9.17, 15) is 9.59 Å². The van der Waals surface area contributed by atoms with Crippen LogP contribution in [0.4, 0.5) is 0 Å². The molecule has 0 aliphatic carbocycles. The van der Waals surface area contributed by atoms with Crippen LogP contribution in [0.15, 0.2) is 46.2 Å². The summed E-state index contributed by atoms with van der Waals surface area (Å²) in [5, 5.41) is 1.92. The Labute approximate surface area is 179 Å². The molecule has 2 aliphatic rings. The van der Waals surface area contributed by atoms with Gasteiger partial charge in [-0.15, -0.1) is 11.3 Å². The van der Waals surface area contributed by atoms with E-state index < -0.39 is 0 Å². The summed E-state index contributed by atoms with van der Waals surface area (Å²) in [6, 6.07) is 11.6. The molecule has 0 spiro atoms. The van der Waals surface area contributed by atoms with Crippen molar-refractivity contribution in [3.8, 4) is 0 Å². The van der Waals surface area contributed by atoms with E-state index in [0.29, 0.717) is 6.54 Å². The van der Waals surface area contributed by atoms with Gasteiger partial charge in [0, 0.05) is 32.1 Å². The maximum Gasteiger partial charge on any atom is 0.263 e. The van der Waals surface area contributed by atoms with Crippen LogP contribution < -0.4 is 0 Å². The Morgan fingerprint density at radius 1 is 1.00 bits per heavy atom. The average molecular weight is 424 g/mol. The van der Waals surface area contributed by atoms with Crippen LogP contribution in [0.5, 0.6) is 0 Å². The fraction of sp³-hybridized carbons (Fsp3) is 0.435. The molecule has 0 N–H and O–H groups in total. The van der Waals surface area contributed by atoms with Crippen molar-refractivity contribution in [2.75, 3.05) is 26.2 Å². The fourth-order valence-electron chi connectivity index (χ4n) is 4.59. The molecule has 2 fully saturated rings. The van der Waals surface area contributed by atoms with Gasteiger partial charge in [-0.1, -0.05) is 18.2 Å². The Balaban J connectivity index is 1.19. The van der Waals surface area contributed by atoms with Crippen molar-refractivity contribution in [1.82, 2.24) is 14.8 Å². The van der Waals surface area contributed by atoms with Crippen LogP contribution in [0.3, 0.4) is 0 Å². The molecule has 30 heavy (non-hydrogen) atoms. The number of hydrogen-bond acceptors (Lipinski definition) is 5. The lowest BCUT2D eigenvalue weighted by Gasteiger charge is -2.37. The lowest BCUT2D eigenvalue weighted by Crippen LogP contribution is -2.48. The van der Waals surface area contributed by atoms with Gasteiger partial charge in [0.1, 0.15) is 5.52 Å². The third-order valence-corrected chi connectivity index (χ3v) is 7.11. The van der Waals surface area contributed by atoms with Gasteiger partial charge < -0.3 is 14.2 Å². The van der Waals surface area contributed by atoms with Gasteiger partial charge in [0.15, 0.2) is 11.5 Å². The number of hydrogen-bond donors (Lipinski definition) is 0. The normalized spacial score (nSPS) is 20.6. The molecule has 0 unspecified atom stereocenters. The number of aromatic nitrogens is 1. The number of carbonyl (C=O) groups excluding carboxylic acids is 2. The second-order valence-corrected chi connectivity index (χ2v) is 9.13. The number of benzene rings is 1. The molecule has 7 heteroatoms. The van der Waals surface area contributed by atoms with Crippen LogP contribution >= 0.6 is 11.3 Å². The molecule has 2 aromatic heterocycles. The van der Waals surface area contributed by atoms with Crippen molar-refractivity contribution < 1.29 is 14.0 Å². The molecule has 4 heterocycles. The summed E-state index contributed by atoms with van der Waals surface area (Å²) in [5.41, 5.74) is 1.72. The highest BCUT2D eigenvalue weighted by Gasteiger charge is 2.34. The molecule has 0 saturated carbocycles. The number of carbonyl (C=O) groups is 2. The highest BCUT2D eigenvalue weighted by Crippen LogP contribution is 2.31. The zero-order chi connectivity index (χ0) is 20.5. The van der Waals surface area contributed by atoms with E-state index in [4.69, 9.17) is 4.42 Å². The largest absolute Gasteiger partial charge is 0.440 e. The van der Waals surface area contributed by atoms with E-state index in [2.05, 4.69) is 4.98 Å². The summed E-state index contributed by atoms with van der Waals surface area (Å²) >= 11 is 1.46. The first kappa shape index (κ1) is 19.3. The van der Waals surface area contributed by atoms with Crippen molar-refractivity contribution in [1.29, 1.82) is 0 Å². The van der Waals surface area contributed by atoms with E-state index in [-0.39, 0.29) is 23.7 Å². The standard InChI is InChI=1S/C23H25N3O3S/c27-22(17-5-3-11-26(15-17)23(28)20-8-4-14-30-20)25-12-9-16(10-13-25)21-24-18-6-1-2-7-19(18)29-21/h1-2,4,6-8,14,16-17H,3,5,9-13,15H2/t17-/m0/s1. The number of thiophene rings is 1. The Bertz CT molecular complexity index is 1000. The maximum atomic E-state index is 13.1. The van der Waals surface area contributed by atoms with Crippen LogP contribution in [-0.2, 0) is 4.79 Å². The van der Waals surface area contributed by atoms with Crippen molar-refractivity contribution in [3.63, 3.8) is 0 Å². The predicted octanol–water partition coefficient (Wildman–Crippen LogP) is 4.15. The summed E-state index contributed by atoms with van der Waals surface area (Å²) in [6.45, 7) is 2.70. The highest BCUT2D eigenvalue weighted by molar-refractivity contribution is 7.12. The number of fused-ring (bicyclic) bond motifs is 1. The number of oxazole rings is 1. The Kier molecular flexibility index (Phi) is 5.29. The highest BCUT2D eigenvalue weighted by atomic mass is 32.1. The van der Waals surface area contributed by atoms with Crippen molar-refractivity contribution in [2.24, 2.45) is 5.92 Å². The van der Waals surface area contributed by atoms with E-state index in [1.165, 1.54) is 11.3 Å². The van der Waals surface area contributed by atoms with Crippen LogP contribution in [0.25, 0.3) is 11.1 Å². The van der Waals surface area contributed by atoms with E-state index in [0.717, 1.165) is 67.2 Å². The molecular formula is C23H25N3O3S. The second-order valence-electron chi connectivity index (χ2n) is 8.19. The summed E-state index contributed by atoms with van der Waals surface area (Å²) in [4.78, 5) is 35.0. The van der Waals surface area contributed by atoms with Crippen molar-refractivity contribution >= 4 is 34.3 Å². The maximum absolute atomic E-state index is 13.1. The second kappa shape index (κ2) is 8.22. The quantitative estimate of drug-likeness (QED) is 0.635. The first-order valence-electron chi connectivity index (χ1n) is 10.7. The van der Waals surface area contributed by atoms with Gasteiger partial charge in [-0.05, 0) is 49.3 Å². The van der Waals surface area contributed by atoms with Gasteiger partial charge in [0.05, 0.1) is 10.8 Å². The zero-order valence-electron chi connectivity index (χ0n) is 16.8. The van der Waals surface area contributed by atoms with Gasteiger partial charge in [0.2, 0.25) is 5.91 Å². The number of piperidine rings is 2. The lowest BCUT2D eigenvalue weighted by molar-refractivity contribution is -0.138. The van der Waals surface area contributed by atoms with E-state index in [1.807, 2.05) is 51.6 Å². The van der Waals surface area contributed by atoms with Gasteiger partial charge in [-0.25, -0.2) is 4.98 Å². The van der Waals surface area contributed by atoms with Crippen LogP contribution in [0.2, 0.25) is 0 Å². The van der Waals surface area contributed by atoms with Crippen LogP contribution in [-0.4, -0.2) is 52.8 Å². The summed E-state index contributed by atoms with van der Waals surface area (Å²) < 4.78 is 5.94. The summed E-state index contributed by atoms with van der Waals surface area (Å²) in [7, 11) is 0. The molecule has 6 nitrogen and oxygen atoms in total. The Morgan fingerprint density at radius 2 is 1.83 bits per heavy atom. The van der Waals surface area contributed by atoms with Crippen molar-refractivity contribution in [2.45, 2.75) is 31.6 Å². The van der Waals surface area contributed by atoms with Gasteiger partial charge in [-0.3, -0.25) is 9.59 Å².